The van der Waals surface area contributed by atoms with Crippen molar-refractivity contribution in [3.8, 4) is 34.0 Å². The Morgan fingerprint density at radius 3 is 2.22 bits per heavy atom. The third-order valence-corrected chi connectivity index (χ3v) is 4.48. The second kappa shape index (κ2) is 7.09. The summed E-state index contributed by atoms with van der Waals surface area (Å²) < 4.78 is 12.7. The number of imidazole rings is 1. The van der Waals surface area contributed by atoms with Crippen molar-refractivity contribution in [2.75, 3.05) is 14.2 Å². The minimum Gasteiger partial charge on any atom is -0.497 e. The Balaban J connectivity index is 1.82. The molecule has 0 unspecified atom stereocenters. The lowest BCUT2D eigenvalue weighted by atomic mass is 10.1. The molecule has 0 radical (unpaired) electrons. The molecule has 1 N–H and O–H groups in total. The van der Waals surface area contributed by atoms with Crippen LogP contribution in [0.3, 0.4) is 0 Å². The van der Waals surface area contributed by atoms with Gasteiger partial charge < -0.3 is 14.6 Å². The smallest absolute Gasteiger partial charge is 0.155 e. The highest BCUT2D eigenvalue weighted by Gasteiger charge is 2.10. The lowest BCUT2D eigenvalue weighted by molar-refractivity contribution is 0.282. The summed E-state index contributed by atoms with van der Waals surface area (Å²) in [5.74, 6) is 1.41. The molecule has 2 aromatic heterocycles. The topological polar surface area (TPSA) is 68.9 Å². The number of aliphatic hydroxyl groups excluding tert-OH is 1. The largest absolute Gasteiger partial charge is 0.497 e. The van der Waals surface area contributed by atoms with Gasteiger partial charge in [0.25, 0.3) is 0 Å². The first kappa shape index (κ1) is 17.1. The second-order valence-corrected chi connectivity index (χ2v) is 6.10. The van der Waals surface area contributed by atoms with Gasteiger partial charge in [-0.2, -0.15) is 0 Å². The number of benzene rings is 2. The van der Waals surface area contributed by atoms with Gasteiger partial charge in [-0.1, -0.05) is 24.3 Å². The van der Waals surface area contributed by atoms with Gasteiger partial charge in [-0.3, -0.25) is 9.38 Å². The van der Waals surface area contributed by atoms with Crippen LogP contribution in [0.4, 0.5) is 0 Å². The van der Waals surface area contributed by atoms with E-state index in [-0.39, 0.29) is 6.61 Å². The molecule has 6 heteroatoms. The first-order valence-electron chi connectivity index (χ1n) is 8.48. The van der Waals surface area contributed by atoms with Crippen LogP contribution in [0.15, 0.2) is 61.1 Å². The molecule has 0 saturated carbocycles. The molecule has 136 valence electrons. The zero-order chi connectivity index (χ0) is 18.8. The van der Waals surface area contributed by atoms with Crippen LogP contribution in [0, 0.1) is 0 Å². The van der Waals surface area contributed by atoms with E-state index in [2.05, 4.69) is 9.97 Å². The van der Waals surface area contributed by atoms with Crippen LogP contribution in [0.25, 0.3) is 28.2 Å². The van der Waals surface area contributed by atoms with Crippen molar-refractivity contribution in [3.63, 3.8) is 0 Å². The number of hydrogen-bond acceptors (Lipinski definition) is 5. The molecule has 0 fully saturated rings. The number of rotatable bonds is 5. The van der Waals surface area contributed by atoms with Crippen molar-refractivity contribution in [3.05, 3.63) is 66.6 Å². The maximum Gasteiger partial charge on any atom is 0.155 e. The summed E-state index contributed by atoms with van der Waals surface area (Å²) in [6, 6.07) is 13.4. The van der Waals surface area contributed by atoms with Gasteiger partial charge in [-0.05, 0) is 17.7 Å². The normalized spacial score (nSPS) is 10.9. The van der Waals surface area contributed by atoms with Gasteiger partial charge in [0.15, 0.2) is 5.65 Å². The van der Waals surface area contributed by atoms with E-state index in [1.54, 1.807) is 20.4 Å². The molecular weight excluding hydrogens is 342 g/mol. The summed E-state index contributed by atoms with van der Waals surface area (Å²) in [5, 5.41) is 9.23. The predicted molar refractivity (Wildman–Crippen MR) is 103 cm³/mol. The summed E-state index contributed by atoms with van der Waals surface area (Å²) in [6.45, 7) is 0.0270. The first-order chi connectivity index (χ1) is 13.2. The quantitative estimate of drug-likeness (QED) is 0.588. The number of aliphatic hydroxyl groups is 1. The Labute approximate surface area is 156 Å². The molecular formula is C21H19N3O3. The number of methoxy groups -OCH3 is 2. The Hall–Kier alpha value is -3.38. The highest BCUT2D eigenvalue weighted by Crippen LogP contribution is 2.30. The second-order valence-electron chi connectivity index (χ2n) is 6.10. The van der Waals surface area contributed by atoms with Gasteiger partial charge >= 0.3 is 0 Å². The third kappa shape index (κ3) is 3.22. The molecule has 4 aromatic rings. The summed E-state index contributed by atoms with van der Waals surface area (Å²) >= 11 is 0. The zero-order valence-electron chi connectivity index (χ0n) is 15.1. The van der Waals surface area contributed by atoms with E-state index in [4.69, 9.17) is 9.47 Å². The summed E-state index contributed by atoms with van der Waals surface area (Å²) in [7, 11) is 3.25. The van der Waals surface area contributed by atoms with Crippen LogP contribution in [0.2, 0.25) is 0 Å². The molecule has 0 amide bonds. The molecule has 0 saturated heterocycles. The van der Waals surface area contributed by atoms with E-state index in [0.29, 0.717) is 11.5 Å². The van der Waals surface area contributed by atoms with Gasteiger partial charge in [0.05, 0.1) is 44.6 Å². The van der Waals surface area contributed by atoms with Crippen molar-refractivity contribution in [2.24, 2.45) is 0 Å². The fourth-order valence-corrected chi connectivity index (χ4v) is 2.99. The molecule has 2 aromatic carbocycles. The SMILES string of the molecule is COc1cc(OC)cc(-c2cn3c(-c4ccc(CO)cc4)cnc3cn2)c1. The summed E-state index contributed by atoms with van der Waals surface area (Å²) in [5.41, 5.74) is 5.27. The standard InChI is InChI=1S/C21H19N3O3/c1-26-17-7-16(8-18(9-17)27-2)19-12-24-20(10-23-21(24)11-22-19)15-5-3-14(13-25)4-6-15/h3-12,25H,13H2,1-2H3. The Morgan fingerprint density at radius 1 is 0.889 bits per heavy atom. The maximum atomic E-state index is 9.23. The Kier molecular flexibility index (Phi) is 4.48. The number of aromatic nitrogens is 3. The highest BCUT2D eigenvalue weighted by atomic mass is 16.5. The average Bonchev–Trinajstić information content (AvgIpc) is 3.16. The van der Waals surface area contributed by atoms with Gasteiger partial charge in [0.2, 0.25) is 0 Å². The maximum absolute atomic E-state index is 9.23. The molecule has 0 aliphatic heterocycles. The van der Waals surface area contributed by atoms with Crippen molar-refractivity contribution in [1.82, 2.24) is 14.4 Å². The van der Waals surface area contributed by atoms with E-state index >= 15 is 0 Å². The predicted octanol–water partition coefficient (Wildman–Crippen LogP) is 3.57. The third-order valence-electron chi connectivity index (χ3n) is 4.48. The number of hydrogen-bond donors (Lipinski definition) is 1. The molecule has 2 heterocycles. The monoisotopic (exact) mass is 361 g/mol. The van der Waals surface area contributed by atoms with Gasteiger partial charge in [0.1, 0.15) is 11.5 Å². The van der Waals surface area contributed by atoms with Crippen molar-refractivity contribution < 1.29 is 14.6 Å². The fraction of sp³-hybridized carbons (Fsp3) is 0.143. The highest BCUT2D eigenvalue weighted by molar-refractivity contribution is 5.68. The first-order valence-corrected chi connectivity index (χ1v) is 8.48. The molecule has 4 rings (SSSR count). The van der Waals surface area contributed by atoms with Crippen LogP contribution in [0.1, 0.15) is 5.56 Å². The summed E-state index contributed by atoms with van der Waals surface area (Å²) in [4.78, 5) is 8.98. The molecule has 27 heavy (non-hydrogen) atoms. The van der Waals surface area contributed by atoms with E-state index in [0.717, 1.165) is 33.7 Å². The molecule has 6 nitrogen and oxygen atoms in total. The Morgan fingerprint density at radius 2 is 1.59 bits per heavy atom. The van der Waals surface area contributed by atoms with E-state index < -0.39 is 0 Å². The van der Waals surface area contributed by atoms with Gasteiger partial charge in [-0.25, -0.2) is 4.98 Å². The molecule has 0 atom stereocenters. The molecule has 0 aliphatic rings. The van der Waals surface area contributed by atoms with Crippen LogP contribution in [0.5, 0.6) is 11.5 Å². The zero-order valence-corrected chi connectivity index (χ0v) is 15.1. The fourth-order valence-electron chi connectivity index (χ4n) is 2.99. The van der Waals surface area contributed by atoms with Crippen molar-refractivity contribution in [1.29, 1.82) is 0 Å². The minimum atomic E-state index is 0.0270. The lowest BCUT2D eigenvalue weighted by Gasteiger charge is -2.09. The van der Waals surface area contributed by atoms with Crippen LogP contribution in [-0.2, 0) is 6.61 Å². The average molecular weight is 361 g/mol. The van der Waals surface area contributed by atoms with E-state index in [1.165, 1.54) is 0 Å². The van der Waals surface area contributed by atoms with E-state index in [9.17, 15) is 5.11 Å². The number of ether oxygens (including phenoxy) is 2. The van der Waals surface area contributed by atoms with Crippen molar-refractivity contribution in [2.45, 2.75) is 6.61 Å². The lowest BCUT2D eigenvalue weighted by Crippen LogP contribution is -1.95. The molecule has 0 bridgehead atoms. The Bertz CT molecular complexity index is 1070. The number of fused-ring (bicyclic) bond motifs is 1. The molecule has 0 aliphatic carbocycles. The van der Waals surface area contributed by atoms with Crippen LogP contribution >= 0.6 is 0 Å². The minimum absolute atomic E-state index is 0.0270. The van der Waals surface area contributed by atoms with Crippen LogP contribution < -0.4 is 9.47 Å². The number of nitrogens with zero attached hydrogens (tertiary/aromatic N) is 3. The van der Waals surface area contributed by atoms with Crippen LogP contribution in [-0.4, -0.2) is 33.7 Å². The summed E-state index contributed by atoms with van der Waals surface area (Å²) in [6.07, 6.45) is 5.51. The van der Waals surface area contributed by atoms with Gasteiger partial charge in [0, 0.05) is 23.4 Å². The molecule has 0 spiro atoms. The van der Waals surface area contributed by atoms with Gasteiger partial charge in [-0.15, -0.1) is 0 Å². The van der Waals surface area contributed by atoms with E-state index in [1.807, 2.05) is 59.3 Å². The van der Waals surface area contributed by atoms with Crippen molar-refractivity contribution >= 4 is 5.65 Å².